The molecule has 0 aliphatic heterocycles. The number of nitro benzene ring substituents is 1. The maximum Gasteiger partial charge on any atom is 0.339 e. The summed E-state index contributed by atoms with van der Waals surface area (Å²) in [4.78, 5) is 25.9. The van der Waals surface area contributed by atoms with Crippen LogP contribution in [0.2, 0.25) is 0 Å². The fraction of sp³-hybridized carbons (Fsp3) is 0.400. The molecule has 1 aromatic heterocycles. The summed E-state index contributed by atoms with van der Waals surface area (Å²) in [6.45, 7) is 0.966. The summed E-state index contributed by atoms with van der Waals surface area (Å²) < 4.78 is 10.7. The molecule has 1 aromatic carbocycles. The second kappa shape index (κ2) is 11.6. The lowest BCUT2D eigenvalue weighted by atomic mass is 10.1. The van der Waals surface area contributed by atoms with Gasteiger partial charge in [-0.25, -0.2) is 4.79 Å². The van der Waals surface area contributed by atoms with Gasteiger partial charge in [0.15, 0.2) is 0 Å². The first kappa shape index (κ1) is 20.4. The number of hydrogen-bond acceptors (Lipinski definition) is 6. The van der Waals surface area contributed by atoms with E-state index in [0.717, 1.165) is 38.5 Å². The van der Waals surface area contributed by atoms with E-state index in [0.29, 0.717) is 24.5 Å². The van der Waals surface area contributed by atoms with Crippen molar-refractivity contribution in [2.75, 3.05) is 13.2 Å². The first-order valence-corrected chi connectivity index (χ1v) is 9.11. The van der Waals surface area contributed by atoms with Crippen molar-refractivity contribution in [1.29, 1.82) is 0 Å². The maximum atomic E-state index is 11.7. The maximum absolute atomic E-state index is 11.7. The molecule has 0 bridgehead atoms. The SMILES string of the molecule is O=C(OCCCCCCCCOc1cccc([N+](=O)[O-])c1)c1cccnc1. The predicted molar refractivity (Wildman–Crippen MR) is 101 cm³/mol. The lowest BCUT2D eigenvalue weighted by Gasteiger charge is -2.06. The van der Waals surface area contributed by atoms with Crippen molar-refractivity contribution in [3.63, 3.8) is 0 Å². The van der Waals surface area contributed by atoms with Crippen LogP contribution in [0, 0.1) is 10.1 Å². The molecule has 0 aliphatic rings. The Labute approximate surface area is 158 Å². The van der Waals surface area contributed by atoms with Crippen LogP contribution in [0.4, 0.5) is 5.69 Å². The molecule has 7 heteroatoms. The highest BCUT2D eigenvalue weighted by atomic mass is 16.6. The zero-order valence-electron chi connectivity index (χ0n) is 15.2. The third-order valence-electron chi connectivity index (χ3n) is 3.97. The summed E-state index contributed by atoms with van der Waals surface area (Å²) in [5, 5.41) is 10.7. The molecule has 0 saturated carbocycles. The van der Waals surface area contributed by atoms with E-state index in [1.807, 2.05) is 0 Å². The third kappa shape index (κ3) is 7.85. The molecule has 144 valence electrons. The summed E-state index contributed by atoms with van der Waals surface area (Å²) >= 11 is 0. The van der Waals surface area contributed by atoms with Crippen molar-refractivity contribution < 1.29 is 19.2 Å². The summed E-state index contributed by atoms with van der Waals surface area (Å²) in [5.74, 6) is 0.195. The van der Waals surface area contributed by atoms with Crippen molar-refractivity contribution in [3.8, 4) is 5.75 Å². The molecule has 0 saturated heterocycles. The lowest BCUT2D eigenvalue weighted by molar-refractivity contribution is -0.384. The van der Waals surface area contributed by atoms with Gasteiger partial charge < -0.3 is 9.47 Å². The molecule has 0 fully saturated rings. The van der Waals surface area contributed by atoms with E-state index >= 15 is 0 Å². The fourth-order valence-corrected chi connectivity index (χ4v) is 2.52. The van der Waals surface area contributed by atoms with Crippen LogP contribution in [0.15, 0.2) is 48.8 Å². The first-order valence-electron chi connectivity index (χ1n) is 9.11. The Morgan fingerprint density at radius 1 is 1.00 bits per heavy atom. The number of unbranched alkanes of at least 4 members (excludes halogenated alkanes) is 5. The highest BCUT2D eigenvalue weighted by Crippen LogP contribution is 2.19. The van der Waals surface area contributed by atoms with Crippen LogP contribution in [-0.2, 0) is 4.74 Å². The number of aromatic nitrogens is 1. The number of non-ortho nitro benzene ring substituents is 1. The monoisotopic (exact) mass is 372 g/mol. The van der Waals surface area contributed by atoms with Gasteiger partial charge in [0.05, 0.1) is 29.8 Å². The standard InChI is InChI=1S/C20H24N2O5/c23-20(17-9-8-12-21-16-17)27-14-6-4-2-1-3-5-13-26-19-11-7-10-18(15-19)22(24)25/h7-12,15-16H,1-6,13-14H2. The van der Waals surface area contributed by atoms with E-state index in [4.69, 9.17) is 9.47 Å². The summed E-state index contributed by atoms with van der Waals surface area (Å²) in [6, 6.07) is 9.62. The van der Waals surface area contributed by atoms with Crippen molar-refractivity contribution in [2.24, 2.45) is 0 Å². The molecule has 1 heterocycles. The van der Waals surface area contributed by atoms with E-state index in [9.17, 15) is 14.9 Å². The van der Waals surface area contributed by atoms with Gasteiger partial charge in [-0.05, 0) is 31.0 Å². The van der Waals surface area contributed by atoms with Crippen LogP contribution in [0.3, 0.4) is 0 Å². The minimum Gasteiger partial charge on any atom is -0.493 e. The van der Waals surface area contributed by atoms with Crippen LogP contribution >= 0.6 is 0 Å². The second-order valence-electron chi connectivity index (χ2n) is 6.10. The molecule has 0 N–H and O–H groups in total. The number of benzene rings is 1. The van der Waals surface area contributed by atoms with Gasteiger partial charge in [0.25, 0.3) is 5.69 Å². The Balaban J connectivity index is 1.45. The number of nitrogens with zero attached hydrogens (tertiary/aromatic N) is 2. The molecular weight excluding hydrogens is 348 g/mol. The van der Waals surface area contributed by atoms with Gasteiger partial charge in [0.2, 0.25) is 0 Å². The Bertz CT molecular complexity index is 721. The number of carbonyl (C=O) groups excluding carboxylic acids is 1. The lowest BCUT2D eigenvalue weighted by Crippen LogP contribution is -2.06. The van der Waals surface area contributed by atoms with Gasteiger partial charge >= 0.3 is 5.97 Å². The number of esters is 1. The van der Waals surface area contributed by atoms with Crippen molar-refractivity contribution in [1.82, 2.24) is 4.98 Å². The van der Waals surface area contributed by atoms with Crippen LogP contribution < -0.4 is 4.74 Å². The summed E-state index contributed by atoms with van der Waals surface area (Å²) in [5.41, 5.74) is 0.512. The Kier molecular flexibility index (Phi) is 8.76. The highest BCUT2D eigenvalue weighted by Gasteiger charge is 2.06. The quantitative estimate of drug-likeness (QED) is 0.235. The number of rotatable bonds is 12. The van der Waals surface area contributed by atoms with Crippen LogP contribution in [-0.4, -0.2) is 29.1 Å². The third-order valence-corrected chi connectivity index (χ3v) is 3.97. The van der Waals surface area contributed by atoms with Crippen LogP contribution in [0.1, 0.15) is 48.9 Å². The zero-order chi connectivity index (χ0) is 19.3. The molecule has 0 spiro atoms. The average molecular weight is 372 g/mol. The number of ether oxygens (including phenoxy) is 2. The van der Waals surface area contributed by atoms with Crippen molar-refractivity contribution in [2.45, 2.75) is 38.5 Å². The molecule has 27 heavy (non-hydrogen) atoms. The second-order valence-corrected chi connectivity index (χ2v) is 6.10. The molecule has 2 rings (SSSR count). The van der Waals surface area contributed by atoms with Crippen molar-refractivity contribution in [3.05, 3.63) is 64.5 Å². The Morgan fingerprint density at radius 3 is 2.44 bits per heavy atom. The molecule has 0 aliphatic carbocycles. The van der Waals surface area contributed by atoms with E-state index < -0.39 is 4.92 Å². The van der Waals surface area contributed by atoms with Gasteiger partial charge in [-0.15, -0.1) is 0 Å². The highest BCUT2D eigenvalue weighted by molar-refractivity contribution is 5.88. The van der Waals surface area contributed by atoms with Crippen molar-refractivity contribution >= 4 is 11.7 Å². The van der Waals surface area contributed by atoms with E-state index in [1.165, 1.54) is 18.3 Å². The molecule has 2 aromatic rings. The van der Waals surface area contributed by atoms with Gasteiger partial charge in [-0.3, -0.25) is 15.1 Å². The Hall–Kier alpha value is -2.96. The number of hydrogen-bond donors (Lipinski definition) is 0. The van der Waals surface area contributed by atoms with Gasteiger partial charge in [0, 0.05) is 18.5 Å². The number of pyridine rings is 1. The van der Waals surface area contributed by atoms with E-state index in [-0.39, 0.29) is 11.7 Å². The molecular formula is C20H24N2O5. The van der Waals surface area contributed by atoms with Gasteiger partial charge in [-0.2, -0.15) is 0 Å². The summed E-state index contributed by atoms with van der Waals surface area (Å²) in [7, 11) is 0. The summed E-state index contributed by atoms with van der Waals surface area (Å²) in [6.07, 6.45) is 9.05. The van der Waals surface area contributed by atoms with Crippen LogP contribution in [0.5, 0.6) is 5.75 Å². The zero-order valence-corrected chi connectivity index (χ0v) is 15.2. The number of carbonyl (C=O) groups is 1. The average Bonchev–Trinajstić information content (AvgIpc) is 2.70. The minimum atomic E-state index is -0.430. The molecule has 0 radical (unpaired) electrons. The minimum absolute atomic E-state index is 0.0386. The van der Waals surface area contributed by atoms with Gasteiger partial charge in [0.1, 0.15) is 5.75 Å². The normalized spacial score (nSPS) is 10.4. The van der Waals surface area contributed by atoms with E-state index in [2.05, 4.69) is 4.98 Å². The predicted octanol–water partition coefficient (Wildman–Crippen LogP) is 4.57. The number of nitro groups is 1. The molecule has 0 amide bonds. The first-order chi connectivity index (χ1) is 13.2. The van der Waals surface area contributed by atoms with Crippen LogP contribution in [0.25, 0.3) is 0 Å². The fourth-order valence-electron chi connectivity index (χ4n) is 2.52. The molecule has 0 atom stereocenters. The Morgan fingerprint density at radius 2 is 1.74 bits per heavy atom. The molecule has 0 unspecified atom stereocenters. The van der Waals surface area contributed by atoms with Gasteiger partial charge in [-0.1, -0.05) is 31.7 Å². The molecule has 7 nitrogen and oxygen atoms in total. The smallest absolute Gasteiger partial charge is 0.339 e. The topological polar surface area (TPSA) is 91.6 Å². The largest absolute Gasteiger partial charge is 0.493 e. The van der Waals surface area contributed by atoms with E-state index in [1.54, 1.807) is 30.5 Å².